The molecular weight excluding hydrogens is 200 g/mol. The minimum absolute atomic E-state index is 0.569. The van der Waals surface area contributed by atoms with Crippen molar-refractivity contribution in [2.24, 2.45) is 17.1 Å². The van der Waals surface area contributed by atoms with E-state index in [1.165, 1.54) is 38.6 Å². The highest BCUT2D eigenvalue weighted by molar-refractivity contribution is 4.95. The van der Waals surface area contributed by atoms with Crippen molar-refractivity contribution in [3.05, 3.63) is 0 Å². The molecule has 2 fully saturated rings. The second-order valence-corrected chi connectivity index (χ2v) is 5.79. The second kappa shape index (κ2) is 5.48. The molecular formula is C13H26N2O. The molecule has 2 N–H and O–H groups in total. The van der Waals surface area contributed by atoms with Gasteiger partial charge in [-0.25, -0.2) is 0 Å². The van der Waals surface area contributed by atoms with Crippen LogP contribution in [-0.2, 0) is 4.74 Å². The van der Waals surface area contributed by atoms with Crippen LogP contribution < -0.4 is 5.73 Å². The van der Waals surface area contributed by atoms with Crippen LogP contribution in [0, 0.1) is 11.3 Å². The van der Waals surface area contributed by atoms with Gasteiger partial charge in [-0.1, -0.05) is 0 Å². The molecule has 16 heavy (non-hydrogen) atoms. The molecule has 2 aliphatic carbocycles. The summed E-state index contributed by atoms with van der Waals surface area (Å²) in [5.74, 6) is 0.886. The summed E-state index contributed by atoms with van der Waals surface area (Å²) in [7, 11) is 2.21. The molecule has 2 saturated carbocycles. The summed E-state index contributed by atoms with van der Waals surface area (Å²) in [6.45, 7) is 5.00. The molecule has 2 rings (SSSR count). The van der Waals surface area contributed by atoms with Crippen molar-refractivity contribution in [3.8, 4) is 0 Å². The van der Waals surface area contributed by atoms with Crippen LogP contribution in [0.4, 0.5) is 0 Å². The van der Waals surface area contributed by atoms with Crippen LogP contribution in [0.25, 0.3) is 0 Å². The Morgan fingerprint density at radius 3 is 2.69 bits per heavy atom. The molecule has 0 spiro atoms. The van der Waals surface area contributed by atoms with Crippen LogP contribution in [0.15, 0.2) is 0 Å². The highest BCUT2D eigenvalue weighted by Crippen LogP contribution is 2.48. The third kappa shape index (κ3) is 4.04. The first-order valence-electron chi connectivity index (χ1n) is 6.70. The third-order valence-corrected chi connectivity index (χ3v) is 3.90. The molecule has 0 amide bonds. The molecule has 0 atom stereocenters. The number of ether oxygens (including phenoxy) is 1. The van der Waals surface area contributed by atoms with Crippen LogP contribution >= 0.6 is 0 Å². The molecule has 0 bridgehead atoms. The maximum atomic E-state index is 5.66. The number of likely N-dealkylation sites (N-methyl/N-ethyl adjacent to an activating group) is 1. The molecule has 0 aromatic heterocycles. The lowest BCUT2D eigenvalue weighted by Gasteiger charge is -2.23. The van der Waals surface area contributed by atoms with E-state index in [0.717, 1.165) is 32.2 Å². The Kier molecular flexibility index (Phi) is 4.22. The average molecular weight is 226 g/mol. The Morgan fingerprint density at radius 1 is 1.38 bits per heavy atom. The van der Waals surface area contributed by atoms with Crippen LogP contribution in [0.3, 0.4) is 0 Å². The van der Waals surface area contributed by atoms with E-state index in [0.29, 0.717) is 5.41 Å². The van der Waals surface area contributed by atoms with Gasteiger partial charge in [0.15, 0.2) is 0 Å². The molecule has 0 aromatic rings. The van der Waals surface area contributed by atoms with E-state index in [1.54, 1.807) is 0 Å². The van der Waals surface area contributed by atoms with Gasteiger partial charge in [0, 0.05) is 19.7 Å². The SMILES string of the molecule is CN(CCOCC1CC1)CC1(CCN)CC1. The maximum Gasteiger partial charge on any atom is 0.0593 e. The normalized spacial score (nSPS) is 22.7. The molecule has 0 saturated heterocycles. The number of hydrogen-bond donors (Lipinski definition) is 1. The first-order valence-corrected chi connectivity index (χ1v) is 6.70. The highest BCUT2D eigenvalue weighted by atomic mass is 16.5. The van der Waals surface area contributed by atoms with Crippen LogP contribution in [0.5, 0.6) is 0 Å². The molecule has 3 nitrogen and oxygen atoms in total. The van der Waals surface area contributed by atoms with E-state index in [-0.39, 0.29) is 0 Å². The van der Waals surface area contributed by atoms with E-state index in [1.807, 2.05) is 0 Å². The molecule has 0 aromatic carbocycles. The van der Waals surface area contributed by atoms with E-state index in [4.69, 9.17) is 10.5 Å². The monoisotopic (exact) mass is 226 g/mol. The van der Waals surface area contributed by atoms with Crippen LogP contribution in [0.1, 0.15) is 32.1 Å². The van der Waals surface area contributed by atoms with Crippen molar-refractivity contribution in [2.45, 2.75) is 32.1 Å². The Bertz CT molecular complexity index is 212. The topological polar surface area (TPSA) is 38.5 Å². The van der Waals surface area contributed by atoms with E-state index in [9.17, 15) is 0 Å². The van der Waals surface area contributed by atoms with Gasteiger partial charge in [0.05, 0.1) is 6.61 Å². The Balaban J connectivity index is 1.51. The zero-order chi connectivity index (χ0) is 11.4. The molecule has 2 aliphatic rings. The van der Waals surface area contributed by atoms with Crippen molar-refractivity contribution >= 4 is 0 Å². The molecule has 0 heterocycles. The van der Waals surface area contributed by atoms with Crippen molar-refractivity contribution in [2.75, 3.05) is 39.9 Å². The average Bonchev–Trinajstić information content (AvgIpc) is 3.11. The summed E-state index contributed by atoms with van der Waals surface area (Å²) in [5.41, 5.74) is 6.22. The van der Waals surface area contributed by atoms with Gasteiger partial charge in [0.1, 0.15) is 0 Å². The molecule has 0 aliphatic heterocycles. The first-order chi connectivity index (χ1) is 7.74. The number of rotatable bonds is 9. The van der Waals surface area contributed by atoms with Gasteiger partial charge in [-0.3, -0.25) is 0 Å². The van der Waals surface area contributed by atoms with Crippen LogP contribution in [-0.4, -0.2) is 44.8 Å². The fourth-order valence-electron chi connectivity index (χ4n) is 2.38. The van der Waals surface area contributed by atoms with E-state index < -0.39 is 0 Å². The standard InChI is InChI=1S/C13H26N2O/c1-15(8-9-16-10-12-2-3-12)11-13(4-5-13)6-7-14/h12H,2-11,14H2,1H3. The van der Waals surface area contributed by atoms with Crippen molar-refractivity contribution in [3.63, 3.8) is 0 Å². The Hall–Kier alpha value is -0.120. The van der Waals surface area contributed by atoms with Gasteiger partial charge in [-0.2, -0.15) is 0 Å². The van der Waals surface area contributed by atoms with Gasteiger partial charge < -0.3 is 15.4 Å². The summed E-state index contributed by atoms with van der Waals surface area (Å²) >= 11 is 0. The fourth-order valence-corrected chi connectivity index (χ4v) is 2.38. The lowest BCUT2D eigenvalue weighted by Crippen LogP contribution is -2.31. The van der Waals surface area contributed by atoms with E-state index >= 15 is 0 Å². The fraction of sp³-hybridized carbons (Fsp3) is 1.00. The largest absolute Gasteiger partial charge is 0.380 e. The predicted molar refractivity (Wildman–Crippen MR) is 66.4 cm³/mol. The molecule has 3 heteroatoms. The summed E-state index contributed by atoms with van der Waals surface area (Å²) in [5, 5.41) is 0. The molecule has 0 radical (unpaired) electrons. The number of nitrogens with zero attached hydrogens (tertiary/aromatic N) is 1. The minimum Gasteiger partial charge on any atom is -0.380 e. The van der Waals surface area contributed by atoms with Gasteiger partial charge >= 0.3 is 0 Å². The van der Waals surface area contributed by atoms with Gasteiger partial charge in [0.25, 0.3) is 0 Å². The summed E-state index contributed by atoms with van der Waals surface area (Å²) in [6, 6.07) is 0. The first kappa shape index (κ1) is 12.3. The van der Waals surface area contributed by atoms with Crippen LogP contribution in [0.2, 0.25) is 0 Å². The lowest BCUT2D eigenvalue weighted by molar-refractivity contribution is 0.0972. The number of nitrogens with two attached hydrogens (primary N) is 1. The van der Waals surface area contributed by atoms with Gasteiger partial charge in [-0.15, -0.1) is 0 Å². The molecule has 94 valence electrons. The van der Waals surface area contributed by atoms with Crippen molar-refractivity contribution in [1.29, 1.82) is 0 Å². The lowest BCUT2D eigenvalue weighted by atomic mass is 10.0. The zero-order valence-corrected chi connectivity index (χ0v) is 10.6. The van der Waals surface area contributed by atoms with Gasteiger partial charge in [-0.05, 0) is 57.0 Å². The molecule has 0 unspecified atom stereocenters. The van der Waals surface area contributed by atoms with Crippen molar-refractivity contribution in [1.82, 2.24) is 4.90 Å². The number of hydrogen-bond acceptors (Lipinski definition) is 3. The predicted octanol–water partition coefficient (Wildman–Crippen LogP) is 1.47. The summed E-state index contributed by atoms with van der Waals surface area (Å²) < 4.78 is 5.66. The smallest absolute Gasteiger partial charge is 0.0593 e. The minimum atomic E-state index is 0.569. The quantitative estimate of drug-likeness (QED) is 0.605. The third-order valence-electron chi connectivity index (χ3n) is 3.90. The van der Waals surface area contributed by atoms with Crippen molar-refractivity contribution < 1.29 is 4.74 Å². The zero-order valence-electron chi connectivity index (χ0n) is 10.6. The Labute approximate surface area is 99.3 Å². The maximum absolute atomic E-state index is 5.66. The summed E-state index contributed by atoms with van der Waals surface area (Å²) in [4.78, 5) is 2.41. The Morgan fingerprint density at radius 2 is 2.12 bits per heavy atom. The highest BCUT2D eigenvalue weighted by Gasteiger charge is 2.42. The van der Waals surface area contributed by atoms with E-state index in [2.05, 4.69) is 11.9 Å². The second-order valence-electron chi connectivity index (χ2n) is 5.79. The summed E-state index contributed by atoms with van der Waals surface area (Å²) in [6.07, 6.45) is 6.71. The van der Waals surface area contributed by atoms with Gasteiger partial charge in [0.2, 0.25) is 0 Å².